The van der Waals surface area contributed by atoms with Crippen LogP contribution in [0.15, 0.2) is 24.3 Å². The second kappa shape index (κ2) is 7.61. The maximum Gasteiger partial charge on any atom is 0.0709 e. The second-order valence-electron chi connectivity index (χ2n) is 5.09. The van der Waals surface area contributed by atoms with E-state index in [0.717, 1.165) is 19.3 Å². The van der Waals surface area contributed by atoms with Crippen LogP contribution in [0.3, 0.4) is 0 Å². The average Bonchev–Trinajstić information content (AvgIpc) is 2.48. The Kier molecular flexibility index (Phi) is 6.11. The molecule has 3 unspecified atom stereocenters. The molecule has 0 amide bonds. The predicted octanol–water partition coefficient (Wildman–Crippen LogP) is 3.78. The van der Waals surface area contributed by atoms with Gasteiger partial charge in [-0.05, 0) is 30.4 Å². The molecule has 1 fully saturated rings. The van der Waals surface area contributed by atoms with E-state index in [4.69, 9.17) is 0 Å². The third-order valence-corrected chi connectivity index (χ3v) is 7.14. The molecule has 3 heteroatoms. The summed E-state index contributed by atoms with van der Waals surface area (Å²) in [6, 6.07) is 8.71. The molecule has 1 aliphatic heterocycles. The van der Waals surface area contributed by atoms with Crippen LogP contribution >= 0.6 is 23.5 Å². The lowest BCUT2D eigenvalue weighted by Crippen LogP contribution is -2.37. The number of hydrogen-bond acceptors (Lipinski definition) is 3. The van der Waals surface area contributed by atoms with Gasteiger partial charge in [0, 0.05) is 22.0 Å². The van der Waals surface area contributed by atoms with Crippen molar-refractivity contribution in [1.82, 2.24) is 0 Å². The molecule has 3 atom stereocenters. The quantitative estimate of drug-likeness (QED) is 0.893. The molecule has 1 aromatic carbocycles. The van der Waals surface area contributed by atoms with Crippen molar-refractivity contribution in [1.29, 1.82) is 0 Å². The summed E-state index contributed by atoms with van der Waals surface area (Å²) in [5.74, 6) is 2.41. The molecule has 19 heavy (non-hydrogen) atoms. The molecule has 1 heterocycles. The SMILES string of the molecule is CCc1ccc(CC(O)C2SCCSC2CC)cc1. The Labute approximate surface area is 125 Å². The van der Waals surface area contributed by atoms with Crippen LogP contribution in [0.2, 0.25) is 0 Å². The van der Waals surface area contributed by atoms with E-state index in [9.17, 15) is 5.11 Å². The van der Waals surface area contributed by atoms with Crippen LogP contribution in [0.1, 0.15) is 31.4 Å². The van der Waals surface area contributed by atoms with Gasteiger partial charge in [-0.3, -0.25) is 0 Å². The third-order valence-electron chi connectivity index (χ3n) is 3.75. The minimum absolute atomic E-state index is 0.213. The van der Waals surface area contributed by atoms with Crippen molar-refractivity contribution in [2.45, 2.75) is 49.7 Å². The van der Waals surface area contributed by atoms with E-state index in [1.807, 2.05) is 23.5 Å². The summed E-state index contributed by atoms with van der Waals surface area (Å²) in [6.45, 7) is 4.41. The van der Waals surface area contributed by atoms with Crippen molar-refractivity contribution in [3.63, 3.8) is 0 Å². The van der Waals surface area contributed by atoms with E-state index in [1.165, 1.54) is 22.6 Å². The Bertz CT molecular complexity index is 377. The van der Waals surface area contributed by atoms with Crippen molar-refractivity contribution < 1.29 is 5.11 Å². The molecule has 1 aliphatic rings. The Hall–Kier alpha value is -0.120. The van der Waals surface area contributed by atoms with Crippen molar-refractivity contribution in [3.8, 4) is 0 Å². The van der Waals surface area contributed by atoms with Crippen LogP contribution in [0.25, 0.3) is 0 Å². The maximum absolute atomic E-state index is 10.5. The second-order valence-corrected chi connectivity index (χ2v) is 7.73. The van der Waals surface area contributed by atoms with E-state index in [2.05, 4.69) is 38.1 Å². The summed E-state index contributed by atoms with van der Waals surface area (Å²) in [4.78, 5) is 0. The summed E-state index contributed by atoms with van der Waals surface area (Å²) >= 11 is 4.00. The molecule has 2 rings (SSSR count). The number of aryl methyl sites for hydroxylation is 1. The first-order chi connectivity index (χ1) is 9.24. The van der Waals surface area contributed by atoms with Crippen LogP contribution in [0.5, 0.6) is 0 Å². The van der Waals surface area contributed by atoms with Gasteiger partial charge in [-0.25, -0.2) is 0 Å². The fourth-order valence-electron chi connectivity index (χ4n) is 2.56. The highest BCUT2D eigenvalue weighted by Gasteiger charge is 2.30. The van der Waals surface area contributed by atoms with Crippen LogP contribution in [-0.2, 0) is 12.8 Å². The molecular weight excluding hydrogens is 272 g/mol. The molecule has 0 bridgehead atoms. The van der Waals surface area contributed by atoms with Gasteiger partial charge in [0.25, 0.3) is 0 Å². The summed E-state index contributed by atoms with van der Waals surface area (Å²) in [7, 11) is 0. The van der Waals surface area contributed by atoms with Gasteiger partial charge in [-0.15, -0.1) is 0 Å². The van der Waals surface area contributed by atoms with Crippen LogP contribution < -0.4 is 0 Å². The number of benzene rings is 1. The van der Waals surface area contributed by atoms with Gasteiger partial charge in [0.1, 0.15) is 0 Å². The molecule has 1 saturated heterocycles. The first-order valence-electron chi connectivity index (χ1n) is 7.23. The zero-order valence-electron chi connectivity index (χ0n) is 11.8. The Morgan fingerprint density at radius 2 is 1.74 bits per heavy atom. The third kappa shape index (κ3) is 4.17. The van der Waals surface area contributed by atoms with E-state index in [1.54, 1.807) is 0 Å². The first kappa shape index (κ1) is 15.3. The lowest BCUT2D eigenvalue weighted by molar-refractivity contribution is 0.169. The number of thioether (sulfide) groups is 2. The van der Waals surface area contributed by atoms with E-state index in [0.29, 0.717) is 10.5 Å². The number of hydrogen-bond donors (Lipinski definition) is 1. The monoisotopic (exact) mass is 296 g/mol. The van der Waals surface area contributed by atoms with E-state index in [-0.39, 0.29) is 6.10 Å². The summed E-state index contributed by atoms with van der Waals surface area (Å²) < 4.78 is 0. The minimum Gasteiger partial charge on any atom is -0.392 e. The molecule has 0 aromatic heterocycles. The molecule has 1 N–H and O–H groups in total. The van der Waals surface area contributed by atoms with Gasteiger partial charge in [-0.1, -0.05) is 38.1 Å². The number of aliphatic hydroxyl groups excluding tert-OH is 1. The predicted molar refractivity (Wildman–Crippen MR) is 88.3 cm³/mol. The first-order valence-corrected chi connectivity index (χ1v) is 9.33. The smallest absolute Gasteiger partial charge is 0.0709 e. The molecule has 0 radical (unpaired) electrons. The highest BCUT2D eigenvalue weighted by atomic mass is 32.2. The fraction of sp³-hybridized carbons (Fsp3) is 0.625. The van der Waals surface area contributed by atoms with Crippen LogP contribution in [-0.4, -0.2) is 33.2 Å². The largest absolute Gasteiger partial charge is 0.392 e. The maximum atomic E-state index is 10.5. The standard InChI is InChI=1S/C16H24OS2/c1-3-12-5-7-13(8-6-12)11-14(17)16-15(4-2)18-9-10-19-16/h5-8,14-17H,3-4,9-11H2,1-2H3. The van der Waals surface area contributed by atoms with Crippen LogP contribution in [0, 0.1) is 0 Å². The van der Waals surface area contributed by atoms with E-state index >= 15 is 0 Å². The van der Waals surface area contributed by atoms with Gasteiger partial charge in [0.15, 0.2) is 0 Å². The summed E-state index contributed by atoms with van der Waals surface area (Å²) in [5.41, 5.74) is 2.63. The Morgan fingerprint density at radius 1 is 1.11 bits per heavy atom. The Balaban J connectivity index is 1.96. The average molecular weight is 297 g/mol. The number of rotatable bonds is 5. The molecule has 1 nitrogen and oxygen atoms in total. The van der Waals surface area contributed by atoms with Crippen molar-refractivity contribution in [2.75, 3.05) is 11.5 Å². The zero-order valence-corrected chi connectivity index (χ0v) is 13.5. The fourth-order valence-corrected chi connectivity index (χ4v) is 5.71. The minimum atomic E-state index is -0.213. The molecule has 0 aliphatic carbocycles. The number of aliphatic hydroxyl groups is 1. The van der Waals surface area contributed by atoms with Gasteiger partial charge < -0.3 is 5.11 Å². The summed E-state index contributed by atoms with van der Waals surface area (Å²) in [6.07, 6.45) is 2.82. The lowest BCUT2D eigenvalue weighted by Gasteiger charge is -2.33. The van der Waals surface area contributed by atoms with Gasteiger partial charge in [0.05, 0.1) is 6.10 Å². The molecular formula is C16H24OS2. The zero-order chi connectivity index (χ0) is 13.7. The van der Waals surface area contributed by atoms with Crippen molar-refractivity contribution in [3.05, 3.63) is 35.4 Å². The summed E-state index contributed by atoms with van der Waals surface area (Å²) in [5, 5.41) is 11.5. The molecule has 1 aromatic rings. The lowest BCUT2D eigenvalue weighted by atomic mass is 10.0. The molecule has 0 saturated carbocycles. The molecule has 106 valence electrons. The normalized spacial score (nSPS) is 25.2. The topological polar surface area (TPSA) is 20.2 Å². The molecule has 0 spiro atoms. The van der Waals surface area contributed by atoms with Gasteiger partial charge >= 0.3 is 0 Å². The van der Waals surface area contributed by atoms with Gasteiger partial charge in [0.2, 0.25) is 0 Å². The Morgan fingerprint density at radius 3 is 2.37 bits per heavy atom. The van der Waals surface area contributed by atoms with Crippen molar-refractivity contribution in [2.24, 2.45) is 0 Å². The highest BCUT2D eigenvalue weighted by molar-refractivity contribution is 8.07. The highest BCUT2D eigenvalue weighted by Crippen LogP contribution is 2.35. The van der Waals surface area contributed by atoms with Crippen molar-refractivity contribution >= 4 is 23.5 Å². The van der Waals surface area contributed by atoms with Gasteiger partial charge in [-0.2, -0.15) is 23.5 Å². The van der Waals surface area contributed by atoms with E-state index < -0.39 is 0 Å². The van der Waals surface area contributed by atoms with Crippen LogP contribution in [0.4, 0.5) is 0 Å².